The molecule has 1 aliphatic heterocycles. The van der Waals surface area contributed by atoms with Crippen LogP contribution in [0.15, 0.2) is 6.33 Å². The topological polar surface area (TPSA) is 60.0 Å². The minimum atomic E-state index is 0.342. The zero-order chi connectivity index (χ0) is 13.3. The summed E-state index contributed by atoms with van der Waals surface area (Å²) in [6.45, 7) is 7.36. The van der Waals surface area contributed by atoms with Crippen molar-refractivity contribution in [1.82, 2.24) is 19.7 Å². The van der Waals surface area contributed by atoms with Gasteiger partial charge in [0.05, 0.1) is 6.54 Å². The summed E-state index contributed by atoms with van der Waals surface area (Å²) in [5.41, 5.74) is 6.46. The second-order valence-electron chi connectivity index (χ2n) is 6.54. The number of nitrogens with two attached hydrogens (primary N) is 1. The number of nitrogens with zero attached hydrogens (tertiary/aromatic N) is 4. The van der Waals surface area contributed by atoms with Crippen molar-refractivity contribution in [3.8, 4) is 0 Å². The maximum absolute atomic E-state index is 6.12. The van der Waals surface area contributed by atoms with Gasteiger partial charge >= 0.3 is 0 Å². The van der Waals surface area contributed by atoms with Crippen LogP contribution in [0.4, 0.5) is 0 Å². The molecule has 0 saturated heterocycles. The Labute approximate surface area is 115 Å². The number of fused-ring (bicyclic) bond motifs is 1. The van der Waals surface area contributed by atoms with Crippen LogP contribution in [0.3, 0.4) is 0 Å². The molecule has 2 heterocycles. The fourth-order valence-corrected chi connectivity index (χ4v) is 3.53. The van der Waals surface area contributed by atoms with Crippen molar-refractivity contribution in [3.63, 3.8) is 0 Å². The highest BCUT2D eigenvalue weighted by Crippen LogP contribution is 2.39. The van der Waals surface area contributed by atoms with Crippen LogP contribution in [0.25, 0.3) is 0 Å². The lowest BCUT2D eigenvalue weighted by Gasteiger charge is -2.42. The lowest BCUT2D eigenvalue weighted by molar-refractivity contribution is 0.0786. The van der Waals surface area contributed by atoms with Gasteiger partial charge in [0, 0.05) is 19.6 Å². The summed E-state index contributed by atoms with van der Waals surface area (Å²) in [5, 5.41) is 8.19. The van der Waals surface area contributed by atoms with Gasteiger partial charge in [-0.15, -0.1) is 10.2 Å². The highest BCUT2D eigenvalue weighted by Gasteiger charge is 2.35. The lowest BCUT2D eigenvalue weighted by Crippen LogP contribution is -2.47. The van der Waals surface area contributed by atoms with Crippen molar-refractivity contribution < 1.29 is 0 Å². The first-order chi connectivity index (χ1) is 9.21. The van der Waals surface area contributed by atoms with E-state index in [4.69, 9.17) is 5.73 Å². The fraction of sp³-hybridized carbons (Fsp3) is 0.857. The van der Waals surface area contributed by atoms with Crippen LogP contribution in [-0.4, -0.2) is 39.3 Å². The number of aromatic nitrogens is 3. The van der Waals surface area contributed by atoms with E-state index in [1.807, 2.05) is 6.33 Å². The monoisotopic (exact) mass is 263 g/mol. The summed E-state index contributed by atoms with van der Waals surface area (Å²) < 4.78 is 2.16. The summed E-state index contributed by atoms with van der Waals surface area (Å²) in [5.74, 6) is 1.98. The largest absolute Gasteiger partial charge is 0.330 e. The lowest BCUT2D eigenvalue weighted by atomic mass is 9.70. The molecule has 1 aliphatic carbocycles. The zero-order valence-corrected chi connectivity index (χ0v) is 11.9. The van der Waals surface area contributed by atoms with Crippen molar-refractivity contribution in [2.24, 2.45) is 17.1 Å². The first-order valence-electron chi connectivity index (χ1n) is 7.50. The molecular formula is C14H25N5. The molecule has 2 N–H and O–H groups in total. The van der Waals surface area contributed by atoms with E-state index in [0.29, 0.717) is 5.41 Å². The summed E-state index contributed by atoms with van der Waals surface area (Å²) in [6.07, 6.45) is 7.08. The van der Waals surface area contributed by atoms with Crippen molar-refractivity contribution in [1.29, 1.82) is 0 Å². The third-order valence-electron chi connectivity index (χ3n) is 5.04. The molecule has 1 aromatic rings. The van der Waals surface area contributed by atoms with Gasteiger partial charge in [0.15, 0.2) is 0 Å². The first-order valence-corrected chi connectivity index (χ1v) is 7.50. The third kappa shape index (κ3) is 2.67. The molecule has 0 radical (unpaired) electrons. The number of hydrogen-bond acceptors (Lipinski definition) is 4. The highest BCUT2D eigenvalue weighted by molar-refractivity contribution is 4.94. The molecule has 0 aromatic carbocycles. The highest BCUT2D eigenvalue weighted by atomic mass is 15.3. The molecule has 1 saturated carbocycles. The van der Waals surface area contributed by atoms with E-state index in [0.717, 1.165) is 44.5 Å². The summed E-state index contributed by atoms with van der Waals surface area (Å²) in [6, 6.07) is 0. The molecule has 0 amide bonds. The fourth-order valence-electron chi connectivity index (χ4n) is 3.53. The van der Waals surface area contributed by atoms with Gasteiger partial charge in [0.25, 0.3) is 0 Å². The molecule has 3 rings (SSSR count). The predicted octanol–water partition coefficient (Wildman–Crippen LogP) is 1.25. The SMILES string of the molecule is CC1CCC(CN)(CN2CCn3cnnc3C2)CC1. The van der Waals surface area contributed by atoms with Gasteiger partial charge in [-0.2, -0.15) is 0 Å². The van der Waals surface area contributed by atoms with Crippen LogP contribution < -0.4 is 5.73 Å². The molecule has 0 spiro atoms. The van der Waals surface area contributed by atoms with Gasteiger partial charge in [-0.25, -0.2) is 0 Å². The first kappa shape index (κ1) is 13.1. The standard InChI is InChI=1S/C14H25N5/c1-12-2-4-14(9-15,5-3-12)10-18-6-7-19-11-16-17-13(19)8-18/h11-12H,2-10,15H2,1H3. The van der Waals surface area contributed by atoms with Gasteiger partial charge in [-0.05, 0) is 30.7 Å². The zero-order valence-electron chi connectivity index (χ0n) is 11.9. The maximum atomic E-state index is 6.12. The van der Waals surface area contributed by atoms with Gasteiger partial charge < -0.3 is 10.3 Å². The Hall–Kier alpha value is -0.940. The normalized spacial score (nSPS) is 32.2. The van der Waals surface area contributed by atoms with E-state index in [2.05, 4.69) is 26.6 Å². The average molecular weight is 263 g/mol. The molecule has 2 aliphatic rings. The Bertz CT molecular complexity index is 419. The molecule has 106 valence electrons. The van der Waals surface area contributed by atoms with Crippen LogP contribution in [0.1, 0.15) is 38.4 Å². The quantitative estimate of drug-likeness (QED) is 0.891. The molecule has 19 heavy (non-hydrogen) atoms. The number of rotatable bonds is 3. The molecular weight excluding hydrogens is 238 g/mol. The van der Waals surface area contributed by atoms with E-state index in [-0.39, 0.29) is 0 Å². The van der Waals surface area contributed by atoms with Gasteiger partial charge in [0.1, 0.15) is 12.2 Å². The summed E-state index contributed by atoms with van der Waals surface area (Å²) >= 11 is 0. The number of hydrogen-bond donors (Lipinski definition) is 1. The smallest absolute Gasteiger partial charge is 0.147 e. The molecule has 5 nitrogen and oxygen atoms in total. The molecule has 1 fully saturated rings. The molecule has 0 bridgehead atoms. The van der Waals surface area contributed by atoms with Crippen molar-refractivity contribution in [3.05, 3.63) is 12.2 Å². The maximum Gasteiger partial charge on any atom is 0.147 e. The van der Waals surface area contributed by atoms with E-state index in [9.17, 15) is 0 Å². The van der Waals surface area contributed by atoms with Crippen LogP contribution in [-0.2, 0) is 13.1 Å². The van der Waals surface area contributed by atoms with Gasteiger partial charge in [-0.1, -0.05) is 19.8 Å². The van der Waals surface area contributed by atoms with Crippen molar-refractivity contribution in [2.45, 2.75) is 45.7 Å². The Balaban J connectivity index is 1.64. The molecule has 5 heteroatoms. The van der Waals surface area contributed by atoms with Gasteiger partial charge in [-0.3, -0.25) is 4.90 Å². The Morgan fingerprint density at radius 2 is 2.16 bits per heavy atom. The average Bonchev–Trinajstić information content (AvgIpc) is 2.89. The third-order valence-corrected chi connectivity index (χ3v) is 5.04. The van der Waals surface area contributed by atoms with E-state index in [1.54, 1.807) is 0 Å². The van der Waals surface area contributed by atoms with Gasteiger partial charge in [0.2, 0.25) is 0 Å². The Kier molecular flexibility index (Phi) is 3.58. The Morgan fingerprint density at radius 1 is 1.37 bits per heavy atom. The minimum absolute atomic E-state index is 0.342. The molecule has 0 atom stereocenters. The van der Waals surface area contributed by atoms with Crippen LogP contribution in [0.5, 0.6) is 0 Å². The summed E-state index contributed by atoms with van der Waals surface area (Å²) in [7, 11) is 0. The second kappa shape index (κ2) is 5.21. The van der Waals surface area contributed by atoms with Crippen molar-refractivity contribution in [2.75, 3.05) is 19.6 Å². The second-order valence-corrected chi connectivity index (χ2v) is 6.54. The minimum Gasteiger partial charge on any atom is -0.330 e. The van der Waals surface area contributed by atoms with Crippen LogP contribution in [0.2, 0.25) is 0 Å². The van der Waals surface area contributed by atoms with E-state index < -0.39 is 0 Å². The molecule has 1 aromatic heterocycles. The van der Waals surface area contributed by atoms with E-state index >= 15 is 0 Å². The Morgan fingerprint density at radius 3 is 2.89 bits per heavy atom. The van der Waals surface area contributed by atoms with E-state index in [1.165, 1.54) is 25.7 Å². The van der Waals surface area contributed by atoms with Crippen LogP contribution in [0, 0.1) is 11.3 Å². The molecule has 0 unspecified atom stereocenters. The van der Waals surface area contributed by atoms with Crippen LogP contribution >= 0.6 is 0 Å². The predicted molar refractivity (Wildman–Crippen MR) is 74.4 cm³/mol. The van der Waals surface area contributed by atoms with Crippen molar-refractivity contribution >= 4 is 0 Å². The summed E-state index contributed by atoms with van der Waals surface area (Å²) in [4.78, 5) is 2.52.